The van der Waals surface area contributed by atoms with Crippen molar-refractivity contribution in [2.75, 3.05) is 31.2 Å². The summed E-state index contributed by atoms with van der Waals surface area (Å²) in [7, 11) is 0. The Morgan fingerprint density at radius 1 is 1.19 bits per heavy atom. The van der Waals surface area contributed by atoms with Gasteiger partial charge in [0, 0.05) is 42.5 Å². The molecular formula is C19H19ClN4O2. The van der Waals surface area contributed by atoms with E-state index in [4.69, 9.17) is 16.3 Å². The molecule has 3 heterocycles. The molecule has 1 aromatic carbocycles. The van der Waals surface area contributed by atoms with Gasteiger partial charge in [-0.05, 0) is 17.7 Å². The Bertz CT molecular complexity index is 849. The molecule has 1 amide bonds. The Morgan fingerprint density at radius 3 is 2.81 bits per heavy atom. The van der Waals surface area contributed by atoms with Crippen LogP contribution in [-0.4, -0.2) is 47.1 Å². The van der Waals surface area contributed by atoms with Crippen molar-refractivity contribution < 1.29 is 9.53 Å². The summed E-state index contributed by atoms with van der Waals surface area (Å²) in [5.41, 5.74) is 2.75. The number of halogens is 1. The highest BCUT2D eigenvalue weighted by atomic mass is 35.5. The van der Waals surface area contributed by atoms with Crippen LogP contribution in [0.5, 0.6) is 0 Å². The molecule has 6 nitrogen and oxygen atoms in total. The second-order valence-electron chi connectivity index (χ2n) is 6.29. The summed E-state index contributed by atoms with van der Waals surface area (Å²) in [5.74, 6) is 0.656. The maximum absolute atomic E-state index is 12.5. The third-order valence-corrected chi connectivity index (χ3v) is 4.90. The number of carbonyl (C=O) groups is 1. The van der Waals surface area contributed by atoms with Gasteiger partial charge in [-0.1, -0.05) is 29.8 Å². The minimum absolute atomic E-state index is 0.0594. The largest absolute Gasteiger partial charge is 0.378 e. The average Bonchev–Trinajstić information content (AvgIpc) is 3.11. The van der Waals surface area contributed by atoms with Gasteiger partial charge in [0.05, 0.1) is 25.5 Å². The van der Waals surface area contributed by atoms with Gasteiger partial charge in [-0.2, -0.15) is 0 Å². The van der Waals surface area contributed by atoms with E-state index < -0.39 is 0 Å². The average molecular weight is 371 g/mol. The van der Waals surface area contributed by atoms with Crippen molar-refractivity contribution in [1.82, 2.24) is 14.9 Å². The number of morpholine rings is 1. The molecule has 2 aromatic rings. The number of benzene rings is 1. The molecule has 134 valence electrons. The molecule has 0 N–H and O–H groups in total. The van der Waals surface area contributed by atoms with Crippen LogP contribution in [0, 0.1) is 0 Å². The SMILES string of the molecule is O=C(/C=C/c1ccccc1Cl)N1Cc2cnc(N3CCOCC3)nc2C1. The number of ether oxygens (including phenoxy) is 1. The zero-order valence-electron chi connectivity index (χ0n) is 14.3. The monoisotopic (exact) mass is 370 g/mol. The predicted molar refractivity (Wildman–Crippen MR) is 99.8 cm³/mol. The number of aromatic nitrogens is 2. The number of fused-ring (bicyclic) bond motifs is 1. The van der Waals surface area contributed by atoms with Crippen LogP contribution < -0.4 is 4.90 Å². The van der Waals surface area contributed by atoms with Gasteiger partial charge in [0.2, 0.25) is 11.9 Å². The van der Waals surface area contributed by atoms with Gasteiger partial charge < -0.3 is 14.5 Å². The highest BCUT2D eigenvalue weighted by Gasteiger charge is 2.25. The first kappa shape index (κ1) is 17.0. The van der Waals surface area contributed by atoms with E-state index in [2.05, 4.69) is 14.9 Å². The molecule has 2 aliphatic heterocycles. The van der Waals surface area contributed by atoms with Gasteiger partial charge in [0.25, 0.3) is 0 Å². The van der Waals surface area contributed by atoms with Crippen LogP contribution in [0.2, 0.25) is 5.02 Å². The predicted octanol–water partition coefficient (Wildman–Crippen LogP) is 2.52. The van der Waals surface area contributed by atoms with Gasteiger partial charge >= 0.3 is 0 Å². The maximum Gasteiger partial charge on any atom is 0.247 e. The molecule has 0 bridgehead atoms. The quantitative estimate of drug-likeness (QED) is 0.777. The minimum atomic E-state index is -0.0594. The molecule has 26 heavy (non-hydrogen) atoms. The molecule has 0 unspecified atom stereocenters. The summed E-state index contributed by atoms with van der Waals surface area (Å²) in [5, 5.41) is 0.627. The van der Waals surface area contributed by atoms with Crippen molar-refractivity contribution in [1.29, 1.82) is 0 Å². The molecule has 0 aliphatic carbocycles. The van der Waals surface area contributed by atoms with Gasteiger partial charge in [-0.15, -0.1) is 0 Å². The highest BCUT2D eigenvalue weighted by molar-refractivity contribution is 6.32. The van der Waals surface area contributed by atoms with Crippen LogP contribution in [0.1, 0.15) is 16.8 Å². The molecule has 1 aromatic heterocycles. The molecule has 1 saturated heterocycles. The van der Waals surface area contributed by atoms with E-state index in [1.54, 1.807) is 23.1 Å². The topological polar surface area (TPSA) is 58.6 Å². The van der Waals surface area contributed by atoms with E-state index in [1.807, 2.05) is 24.4 Å². The fourth-order valence-electron chi connectivity index (χ4n) is 3.09. The molecule has 4 rings (SSSR count). The van der Waals surface area contributed by atoms with E-state index in [9.17, 15) is 4.79 Å². The van der Waals surface area contributed by atoms with Crippen LogP contribution >= 0.6 is 11.6 Å². The summed E-state index contributed by atoms with van der Waals surface area (Å²) < 4.78 is 5.37. The zero-order valence-corrected chi connectivity index (χ0v) is 15.0. The van der Waals surface area contributed by atoms with E-state index in [-0.39, 0.29) is 5.91 Å². The van der Waals surface area contributed by atoms with Crippen molar-refractivity contribution in [3.8, 4) is 0 Å². The minimum Gasteiger partial charge on any atom is -0.378 e. The normalized spacial score (nSPS) is 17.0. The molecule has 0 atom stereocenters. The smallest absolute Gasteiger partial charge is 0.247 e. The Morgan fingerprint density at radius 2 is 2.00 bits per heavy atom. The van der Waals surface area contributed by atoms with Crippen LogP contribution in [0.3, 0.4) is 0 Å². The molecule has 1 fully saturated rings. The Kier molecular flexibility index (Phi) is 4.86. The lowest BCUT2D eigenvalue weighted by atomic mass is 10.2. The summed E-state index contributed by atoms with van der Waals surface area (Å²) in [6.07, 6.45) is 5.14. The number of rotatable bonds is 3. The van der Waals surface area contributed by atoms with Gasteiger partial charge in [0.1, 0.15) is 0 Å². The van der Waals surface area contributed by atoms with E-state index in [0.29, 0.717) is 37.3 Å². The number of amides is 1. The number of anilines is 1. The Hall–Kier alpha value is -2.44. The Balaban J connectivity index is 1.44. The molecule has 2 aliphatic rings. The first-order chi connectivity index (χ1) is 12.7. The first-order valence-electron chi connectivity index (χ1n) is 8.60. The van der Waals surface area contributed by atoms with Crippen molar-refractivity contribution in [3.63, 3.8) is 0 Å². The molecule has 0 saturated carbocycles. The van der Waals surface area contributed by atoms with Crippen LogP contribution in [0.4, 0.5) is 5.95 Å². The molecule has 0 spiro atoms. The van der Waals surface area contributed by atoms with Gasteiger partial charge in [-0.3, -0.25) is 4.79 Å². The molecule has 7 heteroatoms. The first-order valence-corrected chi connectivity index (χ1v) is 8.97. The third kappa shape index (κ3) is 3.57. The maximum atomic E-state index is 12.5. The van der Waals surface area contributed by atoms with Crippen molar-refractivity contribution in [3.05, 3.63) is 58.4 Å². The summed E-state index contributed by atoms with van der Waals surface area (Å²) >= 11 is 6.12. The van der Waals surface area contributed by atoms with E-state index in [0.717, 1.165) is 29.9 Å². The van der Waals surface area contributed by atoms with E-state index in [1.165, 1.54) is 0 Å². The lowest BCUT2D eigenvalue weighted by Gasteiger charge is -2.26. The summed E-state index contributed by atoms with van der Waals surface area (Å²) in [6.45, 7) is 4.01. The van der Waals surface area contributed by atoms with Gasteiger partial charge in [0.15, 0.2) is 0 Å². The van der Waals surface area contributed by atoms with Crippen LogP contribution in [0.25, 0.3) is 6.08 Å². The fraction of sp³-hybridized carbons (Fsp3) is 0.316. The second-order valence-corrected chi connectivity index (χ2v) is 6.70. The highest BCUT2D eigenvalue weighted by Crippen LogP contribution is 2.23. The summed E-state index contributed by atoms with van der Waals surface area (Å²) in [6, 6.07) is 7.44. The number of hydrogen-bond donors (Lipinski definition) is 0. The lowest BCUT2D eigenvalue weighted by molar-refractivity contribution is -0.126. The lowest BCUT2D eigenvalue weighted by Crippen LogP contribution is -2.37. The molecular weight excluding hydrogens is 352 g/mol. The Labute approximate surface area is 157 Å². The van der Waals surface area contributed by atoms with Crippen LogP contribution in [0.15, 0.2) is 36.5 Å². The number of nitrogens with zero attached hydrogens (tertiary/aromatic N) is 4. The fourth-order valence-corrected chi connectivity index (χ4v) is 3.29. The zero-order chi connectivity index (χ0) is 17.9. The van der Waals surface area contributed by atoms with Crippen molar-refractivity contribution in [2.45, 2.75) is 13.1 Å². The number of carbonyl (C=O) groups excluding carboxylic acids is 1. The van der Waals surface area contributed by atoms with Gasteiger partial charge in [-0.25, -0.2) is 9.97 Å². The summed E-state index contributed by atoms with van der Waals surface area (Å²) in [4.78, 5) is 25.5. The molecule has 0 radical (unpaired) electrons. The number of hydrogen-bond acceptors (Lipinski definition) is 5. The third-order valence-electron chi connectivity index (χ3n) is 4.56. The van der Waals surface area contributed by atoms with Crippen molar-refractivity contribution >= 4 is 29.5 Å². The van der Waals surface area contributed by atoms with E-state index >= 15 is 0 Å². The standard InChI is InChI=1S/C19H19ClN4O2/c20-16-4-2-1-3-14(16)5-6-18(25)24-12-15-11-21-19(22-17(15)13-24)23-7-9-26-10-8-23/h1-6,11H,7-10,12-13H2/b6-5+. The second kappa shape index (κ2) is 7.43. The van der Waals surface area contributed by atoms with Crippen molar-refractivity contribution in [2.24, 2.45) is 0 Å². The van der Waals surface area contributed by atoms with Crippen LogP contribution in [-0.2, 0) is 22.6 Å².